The Hall–Kier alpha value is -1.55. The van der Waals surface area contributed by atoms with Gasteiger partial charge in [0.2, 0.25) is 5.91 Å². The summed E-state index contributed by atoms with van der Waals surface area (Å²) in [5.74, 6) is 0.0455. The summed E-state index contributed by atoms with van der Waals surface area (Å²) in [6.45, 7) is 9.83. The fourth-order valence-electron chi connectivity index (χ4n) is 2.30. The predicted octanol–water partition coefficient (Wildman–Crippen LogP) is 3.20. The Morgan fingerprint density at radius 2 is 1.71 bits per heavy atom. The van der Waals surface area contributed by atoms with Crippen molar-refractivity contribution >= 4 is 17.3 Å². The van der Waals surface area contributed by atoms with Crippen molar-refractivity contribution in [2.45, 2.75) is 33.6 Å². The third-order valence-corrected chi connectivity index (χ3v) is 3.59. The van der Waals surface area contributed by atoms with Crippen LogP contribution in [0.15, 0.2) is 24.3 Å². The zero-order valence-corrected chi connectivity index (χ0v) is 13.9. The molecule has 0 heterocycles. The van der Waals surface area contributed by atoms with Gasteiger partial charge in [-0.3, -0.25) is 9.69 Å². The number of nitrogens with one attached hydrogen (secondary N) is 1. The summed E-state index contributed by atoms with van der Waals surface area (Å²) in [6.07, 6.45) is 2.28. The molecule has 1 aromatic rings. The van der Waals surface area contributed by atoms with Crippen LogP contribution < -0.4 is 10.2 Å². The van der Waals surface area contributed by atoms with E-state index in [1.54, 1.807) is 0 Å². The molecule has 1 rings (SSSR count). The zero-order valence-electron chi connectivity index (χ0n) is 13.9. The molecule has 0 aromatic heterocycles. The first-order valence-electron chi connectivity index (χ1n) is 7.94. The quantitative estimate of drug-likeness (QED) is 0.759. The normalized spacial score (nSPS) is 10.7. The molecule has 0 fully saturated rings. The number of carbonyl (C=O) groups excluding carboxylic acids is 1. The molecule has 1 aromatic carbocycles. The minimum absolute atomic E-state index is 0.0455. The van der Waals surface area contributed by atoms with Gasteiger partial charge in [0.1, 0.15) is 0 Å². The van der Waals surface area contributed by atoms with E-state index in [2.05, 4.69) is 48.0 Å². The SMILES string of the molecule is CCCCN(C)CC(=O)Nc1ccc(N(CC)CC)cc1. The molecule has 0 unspecified atom stereocenters. The van der Waals surface area contributed by atoms with Gasteiger partial charge in [0.15, 0.2) is 0 Å². The van der Waals surface area contributed by atoms with Crippen molar-refractivity contribution in [1.29, 1.82) is 0 Å². The van der Waals surface area contributed by atoms with Crippen LogP contribution in [0.3, 0.4) is 0 Å². The first kappa shape index (κ1) is 17.5. The number of benzene rings is 1. The summed E-state index contributed by atoms with van der Waals surface area (Å²) in [6, 6.07) is 8.06. The number of anilines is 2. The number of carbonyl (C=O) groups is 1. The van der Waals surface area contributed by atoms with E-state index < -0.39 is 0 Å². The van der Waals surface area contributed by atoms with Gasteiger partial charge in [0.25, 0.3) is 0 Å². The first-order valence-corrected chi connectivity index (χ1v) is 7.94. The van der Waals surface area contributed by atoms with Gasteiger partial charge in [-0.15, -0.1) is 0 Å². The van der Waals surface area contributed by atoms with Crippen LogP contribution in [0.5, 0.6) is 0 Å². The van der Waals surface area contributed by atoms with Gasteiger partial charge in [-0.25, -0.2) is 0 Å². The number of unbranched alkanes of at least 4 members (excludes halogenated alkanes) is 1. The molecular formula is C17H29N3O. The van der Waals surface area contributed by atoms with Gasteiger partial charge in [-0.2, -0.15) is 0 Å². The standard InChI is InChI=1S/C17H29N3O/c1-5-8-13-19(4)14-17(21)18-15-9-11-16(12-10-15)20(6-2)7-3/h9-12H,5-8,13-14H2,1-4H3,(H,18,21). The number of likely N-dealkylation sites (N-methyl/N-ethyl adjacent to an activating group) is 1. The highest BCUT2D eigenvalue weighted by molar-refractivity contribution is 5.92. The molecule has 0 saturated carbocycles. The van der Waals surface area contributed by atoms with Crippen molar-refractivity contribution in [3.05, 3.63) is 24.3 Å². The van der Waals surface area contributed by atoms with E-state index in [4.69, 9.17) is 0 Å². The number of amides is 1. The molecule has 0 spiro atoms. The lowest BCUT2D eigenvalue weighted by Crippen LogP contribution is -2.30. The largest absolute Gasteiger partial charge is 0.372 e. The maximum absolute atomic E-state index is 12.0. The number of hydrogen-bond donors (Lipinski definition) is 1. The van der Waals surface area contributed by atoms with Crippen LogP contribution in [0, 0.1) is 0 Å². The van der Waals surface area contributed by atoms with Crippen molar-refractivity contribution < 1.29 is 4.79 Å². The lowest BCUT2D eigenvalue weighted by atomic mass is 10.2. The summed E-state index contributed by atoms with van der Waals surface area (Å²) in [5.41, 5.74) is 2.05. The van der Waals surface area contributed by atoms with Crippen molar-refractivity contribution in [1.82, 2.24) is 4.90 Å². The minimum atomic E-state index is 0.0455. The Morgan fingerprint density at radius 1 is 1.10 bits per heavy atom. The Kier molecular flexibility index (Phi) is 7.83. The summed E-state index contributed by atoms with van der Waals surface area (Å²) in [7, 11) is 1.98. The molecule has 0 atom stereocenters. The molecule has 0 radical (unpaired) electrons. The third kappa shape index (κ3) is 6.17. The van der Waals surface area contributed by atoms with E-state index in [9.17, 15) is 4.79 Å². The lowest BCUT2D eigenvalue weighted by molar-refractivity contribution is -0.117. The molecule has 0 aliphatic carbocycles. The van der Waals surface area contributed by atoms with Crippen LogP contribution in [0.25, 0.3) is 0 Å². The highest BCUT2D eigenvalue weighted by Gasteiger charge is 2.07. The van der Waals surface area contributed by atoms with Crippen LogP contribution in [0.4, 0.5) is 11.4 Å². The molecule has 4 heteroatoms. The van der Waals surface area contributed by atoms with Crippen molar-refractivity contribution in [3.63, 3.8) is 0 Å². The predicted molar refractivity (Wildman–Crippen MR) is 91.0 cm³/mol. The molecule has 0 saturated heterocycles. The fraction of sp³-hybridized carbons (Fsp3) is 0.588. The highest BCUT2D eigenvalue weighted by Crippen LogP contribution is 2.17. The molecule has 1 N–H and O–H groups in total. The molecular weight excluding hydrogens is 262 g/mol. The Morgan fingerprint density at radius 3 is 2.24 bits per heavy atom. The second-order valence-corrected chi connectivity index (χ2v) is 5.36. The number of hydrogen-bond acceptors (Lipinski definition) is 3. The van der Waals surface area contributed by atoms with Crippen LogP contribution >= 0.6 is 0 Å². The summed E-state index contributed by atoms with van der Waals surface area (Å²) in [5, 5.41) is 2.95. The summed E-state index contributed by atoms with van der Waals surface area (Å²) < 4.78 is 0. The summed E-state index contributed by atoms with van der Waals surface area (Å²) >= 11 is 0. The monoisotopic (exact) mass is 291 g/mol. The third-order valence-electron chi connectivity index (χ3n) is 3.59. The zero-order chi connectivity index (χ0) is 15.7. The van der Waals surface area contributed by atoms with Gasteiger partial charge in [0, 0.05) is 24.5 Å². The summed E-state index contributed by atoms with van der Waals surface area (Å²) in [4.78, 5) is 16.3. The Labute approximate surface area is 129 Å². The van der Waals surface area contributed by atoms with E-state index in [0.29, 0.717) is 6.54 Å². The van der Waals surface area contributed by atoms with Crippen LogP contribution in [-0.4, -0.2) is 44.0 Å². The average molecular weight is 291 g/mol. The van der Waals surface area contributed by atoms with Gasteiger partial charge in [0.05, 0.1) is 6.54 Å². The van der Waals surface area contributed by atoms with E-state index >= 15 is 0 Å². The molecule has 4 nitrogen and oxygen atoms in total. The van der Waals surface area contributed by atoms with Crippen LogP contribution in [0.1, 0.15) is 33.6 Å². The second-order valence-electron chi connectivity index (χ2n) is 5.36. The topological polar surface area (TPSA) is 35.6 Å². The molecule has 0 bridgehead atoms. The van der Waals surface area contributed by atoms with Gasteiger partial charge < -0.3 is 10.2 Å². The van der Waals surface area contributed by atoms with Crippen molar-refractivity contribution in [3.8, 4) is 0 Å². The lowest BCUT2D eigenvalue weighted by Gasteiger charge is -2.21. The van der Waals surface area contributed by atoms with Crippen LogP contribution in [-0.2, 0) is 4.79 Å². The number of rotatable bonds is 9. The van der Waals surface area contributed by atoms with E-state index in [0.717, 1.165) is 38.2 Å². The smallest absolute Gasteiger partial charge is 0.238 e. The highest BCUT2D eigenvalue weighted by atomic mass is 16.2. The number of nitrogens with zero attached hydrogens (tertiary/aromatic N) is 2. The van der Waals surface area contributed by atoms with Gasteiger partial charge in [-0.1, -0.05) is 13.3 Å². The fourth-order valence-corrected chi connectivity index (χ4v) is 2.30. The van der Waals surface area contributed by atoms with Crippen molar-refractivity contribution in [2.75, 3.05) is 43.4 Å². The van der Waals surface area contributed by atoms with Gasteiger partial charge >= 0.3 is 0 Å². The Balaban J connectivity index is 2.49. The van der Waals surface area contributed by atoms with E-state index in [1.165, 1.54) is 5.69 Å². The molecule has 0 aliphatic rings. The maximum atomic E-state index is 12.0. The average Bonchev–Trinajstić information content (AvgIpc) is 2.48. The minimum Gasteiger partial charge on any atom is -0.372 e. The van der Waals surface area contributed by atoms with E-state index in [1.807, 2.05) is 19.2 Å². The maximum Gasteiger partial charge on any atom is 0.238 e. The van der Waals surface area contributed by atoms with Gasteiger partial charge in [-0.05, 0) is 58.1 Å². The molecule has 118 valence electrons. The second kappa shape index (κ2) is 9.40. The van der Waals surface area contributed by atoms with Crippen LogP contribution in [0.2, 0.25) is 0 Å². The molecule has 0 aliphatic heterocycles. The molecule has 21 heavy (non-hydrogen) atoms. The van der Waals surface area contributed by atoms with E-state index in [-0.39, 0.29) is 5.91 Å². The first-order chi connectivity index (χ1) is 10.1. The Bertz CT molecular complexity index is 413. The van der Waals surface area contributed by atoms with Crippen molar-refractivity contribution in [2.24, 2.45) is 0 Å². The molecule has 1 amide bonds.